The molecule has 1 saturated heterocycles. The maximum atomic E-state index is 12.4. The van der Waals surface area contributed by atoms with Gasteiger partial charge >= 0.3 is 5.97 Å². The Labute approximate surface area is 112 Å². The summed E-state index contributed by atoms with van der Waals surface area (Å²) in [6.45, 7) is 2.07. The summed E-state index contributed by atoms with van der Waals surface area (Å²) in [5.41, 5.74) is -1.22. The van der Waals surface area contributed by atoms with E-state index in [-0.39, 0.29) is 23.7 Å². The number of hydrogen-bond acceptors (Lipinski definition) is 3. The molecular weight excluding hydrogens is 246 g/mol. The van der Waals surface area contributed by atoms with Crippen molar-refractivity contribution in [3.8, 4) is 0 Å². The van der Waals surface area contributed by atoms with Crippen molar-refractivity contribution in [3.63, 3.8) is 0 Å². The largest absolute Gasteiger partial charge is 0.479 e. The van der Waals surface area contributed by atoms with Gasteiger partial charge in [0, 0.05) is 0 Å². The second-order valence-electron chi connectivity index (χ2n) is 6.16. The number of carbonyl (C=O) groups excluding carboxylic acids is 2. The Balaban J connectivity index is 1.89. The Hall–Kier alpha value is -1.39. The lowest BCUT2D eigenvalue weighted by Gasteiger charge is -2.44. The van der Waals surface area contributed by atoms with E-state index in [1.807, 2.05) is 0 Å². The van der Waals surface area contributed by atoms with Crippen molar-refractivity contribution in [2.45, 2.75) is 51.0 Å². The predicted octanol–water partition coefficient (Wildman–Crippen LogP) is 1.41. The number of carboxylic acid groups (broad SMARTS) is 1. The Kier molecular flexibility index (Phi) is 2.69. The van der Waals surface area contributed by atoms with Gasteiger partial charge in [-0.2, -0.15) is 0 Å². The van der Waals surface area contributed by atoms with E-state index >= 15 is 0 Å². The van der Waals surface area contributed by atoms with Gasteiger partial charge in [-0.25, -0.2) is 4.79 Å². The monoisotopic (exact) mass is 265 g/mol. The van der Waals surface area contributed by atoms with Gasteiger partial charge in [0.2, 0.25) is 11.8 Å². The van der Waals surface area contributed by atoms with E-state index in [9.17, 15) is 19.5 Å². The number of nitrogens with zero attached hydrogens (tertiary/aromatic N) is 1. The Morgan fingerprint density at radius 2 is 1.79 bits per heavy atom. The quantitative estimate of drug-likeness (QED) is 0.783. The fourth-order valence-corrected chi connectivity index (χ4v) is 3.93. The third-order valence-corrected chi connectivity index (χ3v) is 5.32. The van der Waals surface area contributed by atoms with Crippen LogP contribution in [0.15, 0.2) is 0 Å². The van der Waals surface area contributed by atoms with Crippen LogP contribution in [0.5, 0.6) is 0 Å². The van der Waals surface area contributed by atoms with Crippen LogP contribution in [0.4, 0.5) is 0 Å². The summed E-state index contributed by atoms with van der Waals surface area (Å²) in [6.07, 6.45) is 4.08. The molecule has 0 aromatic carbocycles. The molecule has 2 unspecified atom stereocenters. The number of amides is 2. The first-order chi connectivity index (χ1) is 9.01. The minimum Gasteiger partial charge on any atom is -0.479 e. The van der Waals surface area contributed by atoms with Crippen molar-refractivity contribution < 1.29 is 19.5 Å². The van der Waals surface area contributed by atoms with Crippen molar-refractivity contribution >= 4 is 17.8 Å². The smallest absolute Gasteiger partial charge is 0.330 e. The molecule has 2 aliphatic carbocycles. The second-order valence-corrected chi connectivity index (χ2v) is 6.16. The van der Waals surface area contributed by atoms with Gasteiger partial charge in [0.15, 0.2) is 0 Å². The molecule has 2 atom stereocenters. The number of imide groups is 1. The van der Waals surface area contributed by atoms with Gasteiger partial charge in [-0.05, 0) is 38.0 Å². The lowest BCUT2D eigenvalue weighted by atomic mass is 9.75. The standard InChI is InChI=1S/C14H19NO4/c1-2-8-6-9-10(7-8)12(17)15(11(9)16)14(13(18)19)4-3-5-14/h8-10H,2-7H2,1H3,(H,18,19). The molecule has 19 heavy (non-hydrogen) atoms. The van der Waals surface area contributed by atoms with E-state index in [0.717, 1.165) is 30.6 Å². The highest BCUT2D eigenvalue weighted by Crippen LogP contribution is 2.49. The normalized spacial score (nSPS) is 36.3. The molecule has 5 nitrogen and oxygen atoms in total. The number of carboxylic acids is 1. The molecule has 1 heterocycles. The van der Waals surface area contributed by atoms with Crippen LogP contribution in [-0.2, 0) is 14.4 Å². The van der Waals surface area contributed by atoms with Gasteiger partial charge in [-0.1, -0.05) is 13.3 Å². The number of aliphatic carboxylic acids is 1. The molecule has 0 aromatic rings. The van der Waals surface area contributed by atoms with E-state index < -0.39 is 11.5 Å². The highest BCUT2D eigenvalue weighted by molar-refractivity contribution is 6.09. The van der Waals surface area contributed by atoms with Gasteiger partial charge in [0.25, 0.3) is 0 Å². The molecule has 0 aromatic heterocycles. The summed E-state index contributed by atoms with van der Waals surface area (Å²) in [6, 6.07) is 0. The maximum absolute atomic E-state index is 12.4. The van der Waals surface area contributed by atoms with Crippen LogP contribution in [0.25, 0.3) is 0 Å². The SMILES string of the molecule is CCC1CC2C(=O)N(C3(C(=O)O)CCC3)C(=O)C2C1. The van der Waals surface area contributed by atoms with Crippen molar-refractivity contribution in [2.75, 3.05) is 0 Å². The van der Waals surface area contributed by atoms with E-state index in [0.29, 0.717) is 18.8 Å². The zero-order valence-corrected chi connectivity index (χ0v) is 11.1. The number of likely N-dealkylation sites (tertiary alicyclic amines) is 1. The van der Waals surface area contributed by atoms with E-state index in [2.05, 4.69) is 6.92 Å². The molecule has 1 aliphatic heterocycles. The van der Waals surface area contributed by atoms with Crippen molar-refractivity contribution in [2.24, 2.45) is 17.8 Å². The van der Waals surface area contributed by atoms with Gasteiger partial charge in [-0.15, -0.1) is 0 Å². The zero-order valence-electron chi connectivity index (χ0n) is 11.1. The molecule has 104 valence electrons. The minimum atomic E-state index is -1.22. The van der Waals surface area contributed by atoms with Crippen molar-refractivity contribution in [1.82, 2.24) is 4.90 Å². The maximum Gasteiger partial charge on any atom is 0.330 e. The second kappa shape index (κ2) is 4.05. The molecule has 0 spiro atoms. The van der Waals surface area contributed by atoms with Gasteiger partial charge in [-0.3, -0.25) is 14.5 Å². The summed E-state index contributed by atoms with van der Waals surface area (Å²) < 4.78 is 0. The van der Waals surface area contributed by atoms with Crippen molar-refractivity contribution in [3.05, 3.63) is 0 Å². The first-order valence-corrected chi connectivity index (χ1v) is 7.12. The van der Waals surface area contributed by atoms with Crippen LogP contribution in [0.1, 0.15) is 45.4 Å². The Morgan fingerprint density at radius 3 is 2.11 bits per heavy atom. The van der Waals surface area contributed by atoms with Crippen LogP contribution in [0, 0.1) is 17.8 Å². The molecule has 5 heteroatoms. The minimum absolute atomic E-state index is 0.229. The van der Waals surface area contributed by atoms with E-state index in [1.54, 1.807) is 0 Å². The molecule has 0 radical (unpaired) electrons. The predicted molar refractivity (Wildman–Crippen MR) is 66.1 cm³/mol. The summed E-state index contributed by atoms with van der Waals surface area (Å²) >= 11 is 0. The lowest BCUT2D eigenvalue weighted by Crippen LogP contribution is -2.61. The zero-order chi connectivity index (χ0) is 13.8. The molecule has 3 aliphatic rings. The summed E-state index contributed by atoms with van der Waals surface area (Å²) in [4.78, 5) is 37.5. The van der Waals surface area contributed by atoms with Gasteiger partial charge in [0.05, 0.1) is 11.8 Å². The summed E-state index contributed by atoms with van der Waals surface area (Å²) in [5.74, 6) is -1.55. The average Bonchev–Trinajstić information content (AvgIpc) is 2.83. The van der Waals surface area contributed by atoms with Crippen LogP contribution < -0.4 is 0 Å². The summed E-state index contributed by atoms with van der Waals surface area (Å²) in [5, 5.41) is 9.40. The number of hydrogen-bond donors (Lipinski definition) is 1. The van der Waals surface area contributed by atoms with Crippen LogP contribution >= 0.6 is 0 Å². The topological polar surface area (TPSA) is 74.7 Å². The molecule has 2 amide bonds. The van der Waals surface area contributed by atoms with Gasteiger partial charge in [0.1, 0.15) is 5.54 Å². The molecule has 3 fully saturated rings. The van der Waals surface area contributed by atoms with Crippen LogP contribution in [0.2, 0.25) is 0 Å². The highest BCUT2D eigenvalue weighted by Gasteiger charge is 2.62. The molecular formula is C14H19NO4. The fraction of sp³-hybridized carbons (Fsp3) is 0.786. The number of fused-ring (bicyclic) bond motifs is 1. The average molecular weight is 265 g/mol. The first kappa shape index (κ1) is 12.6. The third-order valence-electron chi connectivity index (χ3n) is 5.32. The lowest BCUT2D eigenvalue weighted by molar-refractivity contribution is -0.170. The highest BCUT2D eigenvalue weighted by atomic mass is 16.4. The van der Waals surface area contributed by atoms with Gasteiger partial charge < -0.3 is 5.11 Å². The van der Waals surface area contributed by atoms with Crippen LogP contribution in [-0.4, -0.2) is 33.3 Å². The fourth-order valence-electron chi connectivity index (χ4n) is 3.93. The molecule has 3 rings (SSSR count). The molecule has 0 bridgehead atoms. The Morgan fingerprint density at radius 1 is 1.26 bits per heavy atom. The van der Waals surface area contributed by atoms with E-state index in [1.165, 1.54) is 0 Å². The molecule has 2 saturated carbocycles. The number of rotatable bonds is 3. The molecule has 1 N–H and O–H groups in total. The first-order valence-electron chi connectivity index (χ1n) is 7.12. The Bertz CT molecular complexity index is 430. The van der Waals surface area contributed by atoms with Crippen molar-refractivity contribution in [1.29, 1.82) is 0 Å². The van der Waals surface area contributed by atoms with Crippen LogP contribution in [0.3, 0.4) is 0 Å². The third kappa shape index (κ3) is 1.50. The number of carbonyl (C=O) groups is 3. The summed E-state index contributed by atoms with van der Waals surface area (Å²) in [7, 11) is 0. The van der Waals surface area contributed by atoms with E-state index in [4.69, 9.17) is 0 Å².